The minimum Gasteiger partial charge on any atom is -0.350 e. The monoisotopic (exact) mass is 538 g/mol. The van der Waals surface area contributed by atoms with E-state index in [4.69, 9.17) is 23.2 Å². The Hall–Kier alpha value is -2.64. The van der Waals surface area contributed by atoms with Crippen LogP contribution in [0.2, 0.25) is 10.0 Å². The molecule has 2 amide bonds. The lowest BCUT2D eigenvalue weighted by Gasteiger charge is -2.28. The van der Waals surface area contributed by atoms with Crippen LogP contribution in [0.1, 0.15) is 35.2 Å². The summed E-state index contributed by atoms with van der Waals surface area (Å²) in [5.41, 5.74) is 1.55. The molecule has 2 aliphatic rings. The van der Waals surface area contributed by atoms with E-state index in [1.54, 1.807) is 6.07 Å². The van der Waals surface area contributed by atoms with Crippen molar-refractivity contribution >= 4 is 45.8 Å². The fourth-order valence-corrected chi connectivity index (χ4v) is 5.90. The summed E-state index contributed by atoms with van der Waals surface area (Å²) < 4.78 is 0. The van der Waals surface area contributed by atoms with E-state index in [1.165, 1.54) is 0 Å². The number of likely N-dealkylation sites (tertiary alicyclic amines) is 1. The Morgan fingerprint density at radius 2 is 1.68 bits per heavy atom. The molecule has 6 nitrogen and oxygen atoms in total. The fraction of sp³-hybridized carbons (Fsp3) is 0.379. The van der Waals surface area contributed by atoms with E-state index < -0.39 is 0 Å². The molecule has 2 aliphatic heterocycles. The lowest BCUT2D eigenvalue weighted by atomic mass is 10.1. The van der Waals surface area contributed by atoms with Gasteiger partial charge in [0.2, 0.25) is 5.91 Å². The predicted octanol–water partition coefficient (Wildman–Crippen LogP) is 4.73. The molecule has 2 N–H and O–H groups in total. The van der Waals surface area contributed by atoms with Gasteiger partial charge in [0.1, 0.15) is 0 Å². The van der Waals surface area contributed by atoms with E-state index in [2.05, 4.69) is 15.5 Å². The highest BCUT2D eigenvalue weighted by molar-refractivity contribution is 6.34. The number of nitrogens with one attached hydrogen (secondary N) is 2. The minimum absolute atomic E-state index is 0.0195. The van der Waals surface area contributed by atoms with Crippen molar-refractivity contribution in [2.24, 2.45) is 0 Å². The maximum atomic E-state index is 13.6. The third-order valence-corrected chi connectivity index (χ3v) is 7.69. The van der Waals surface area contributed by atoms with Crippen LogP contribution in [0.25, 0.3) is 10.8 Å². The molecule has 194 valence electrons. The largest absolute Gasteiger partial charge is 0.350 e. The molecule has 2 atom stereocenters. The van der Waals surface area contributed by atoms with Crippen LogP contribution in [-0.4, -0.2) is 66.4 Å². The molecule has 0 aromatic heterocycles. The fourth-order valence-electron chi connectivity index (χ4n) is 5.32. The van der Waals surface area contributed by atoms with Crippen LogP contribution in [0.15, 0.2) is 60.7 Å². The van der Waals surface area contributed by atoms with Gasteiger partial charge >= 0.3 is 0 Å². The number of benzene rings is 3. The van der Waals surface area contributed by atoms with Gasteiger partial charge in [0.15, 0.2) is 0 Å². The third kappa shape index (κ3) is 6.63. The number of carbonyl (C=O) groups excluding carboxylic acids is 2. The average Bonchev–Trinajstić information content (AvgIpc) is 3.35. The van der Waals surface area contributed by atoms with Crippen LogP contribution in [-0.2, 0) is 11.3 Å². The Morgan fingerprint density at radius 1 is 0.946 bits per heavy atom. The zero-order chi connectivity index (χ0) is 25.8. The standard InChI is InChI=1S/C29H32Cl2N4O2/c30-24-13-20(14-25(31)16-24)18-35-12-9-26(33-27(29(35)37)19-34-10-3-4-11-34)17-32-28(36)23-8-7-21-5-1-2-6-22(21)15-23/h1-2,5-8,13-16,26-27,33H,3-4,9-12,17-19H2,(H,32,36)/t26-,27-/m0/s1. The number of nitrogens with zero attached hydrogens (tertiary/aromatic N) is 2. The highest BCUT2D eigenvalue weighted by Crippen LogP contribution is 2.22. The van der Waals surface area contributed by atoms with Gasteiger partial charge in [0, 0.05) is 47.8 Å². The molecule has 37 heavy (non-hydrogen) atoms. The van der Waals surface area contributed by atoms with Crippen molar-refractivity contribution in [1.29, 1.82) is 0 Å². The zero-order valence-electron chi connectivity index (χ0n) is 20.8. The highest BCUT2D eigenvalue weighted by Gasteiger charge is 2.33. The van der Waals surface area contributed by atoms with Crippen LogP contribution in [0.5, 0.6) is 0 Å². The van der Waals surface area contributed by atoms with Crippen molar-refractivity contribution in [1.82, 2.24) is 20.4 Å². The number of amides is 2. The Balaban J connectivity index is 1.27. The number of halogens is 2. The van der Waals surface area contributed by atoms with Gasteiger partial charge in [-0.05, 0) is 79.0 Å². The topological polar surface area (TPSA) is 64.7 Å². The second kappa shape index (κ2) is 11.8. The van der Waals surface area contributed by atoms with Crippen LogP contribution < -0.4 is 10.6 Å². The predicted molar refractivity (Wildman–Crippen MR) is 149 cm³/mol. The minimum atomic E-state index is -0.335. The Morgan fingerprint density at radius 3 is 2.43 bits per heavy atom. The van der Waals surface area contributed by atoms with Crippen molar-refractivity contribution in [2.45, 2.75) is 37.9 Å². The number of fused-ring (bicyclic) bond motifs is 1. The molecule has 0 aliphatic carbocycles. The molecule has 0 bridgehead atoms. The molecule has 8 heteroatoms. The van der Waals surface area contributed by atoms with Gasteiger partial charge in [0.25, 0.3) is 5.91 Å². The molecule has 2 saturated heterocycles. The van der Waals surface area contributed by atoms with Gasteiger partial charge in [-0.1, -0.05) is 53.5 Å². The average molecular weight is 540 g/mol. The first-order valence-electron chi connectivity index (χ1n) is 12.9. The van der Waals surface area contributed by atoms with E-state index >= 15 is 0 Å². The summed E-state index contributed by atoms with van der Waals surface area (Å²) in [5, 5.41) is 9.92. The lowest BCUT2D eigenvalue weighted by molar-refractivity contribution is -0.133. The molecule has 0 radical (unpaired) electrons. The van der Waals surface area contributed by atoms with Gasteiger partial charge in [-0.3, -0.25) is 9.59 Å². The summed E-state index contributed by atoms with van der Waals surface area (Å²) in [6.45, 7) is 4.18. The first-order valence-corrected chi connectivity index (χ1v) is 13.7. The van der Waals surface area contributed by atoms with Gasteiger partial charge in [-0.15, -0.1) is 0 Å². The summed E-state index contributed by atoms with van der Waals surface area (Å²) in [7, 11) is 0. The molecule has 3 aromatic rings. The maximum absolute atomic E-state index is 13.6. The van der Waals surface area contributed by atoms with Crippen molar-refractivity contribution < 1.29 is 9.59 Å². The Kier molecular flexibility index (Phi) is 8.30. The van der Waals surface area contributed by atoms with E-state index in [0.717, 1.165) is 48.7 Å². The normalized spacial score (nSPS) is 20.8. The summed E-state index contributed by atoms with van der Waals surface area (Å²) in [6, 6.07) is 18.8. The quantitative estimate of drug-likeness (QED) is 0.456. The van der Waals surface area contributed by atoms with E-state index in [1.807, 2.05) is 59.5 Å². The molecule has 0 saturated carbocycles. The highest BCUT2D eigenvalue weighted by atomic mass is 35.5. The molecular formula is C29H32Cl2N4O2. The van der Waals surface area contributed by atoms with Crippen molar-refractivity contribution in [3.63, 3.8) is 0 Å². The molecule has 3 aromatic carbocycles. The van der Waals surface area contributed by atoms with Gasteiger partial charge < -0.3 is 20.4 Å². The second-order valence-corrected chi connectivity index (χ2v) is 10.9. The number of rotatable bonds is 7. The van der Waals surface area contributed by atoms with Crippen LogP contribution in [0.4, 0.5) is 0 Å². The molecule has 0 unspecified atom stereocenters. The van der Waals surface area contributed by atoms with E-state index in [0.29, 0.717) is 41.8 Å². The van der Waals surface area contributed by atoms with E-state index in [9.17, 15) is 9.59 Å². The van der Waals surface area contributed by atoms with Crippen molar-refractivity contribution in [3.05, 3.63) is 81.8 Å². The molecule has 5 rings (SSSR count). The number of carbonyl (C=O) groups is 2. The van der Waals surface area contributed by atoms with Crippen molar-refractivity contribution in [2.75, 3.05) is 32.7 Å². The zero-order valence-corrected chi connectivity index (χ0v) is 22.3. The molecule has 2 heterocycles. The first-order chi connectivity index (χ1) is 17.9. The number of hydrogen-bond acceptors (Lipinski definition) is 4. The van der Waals surface area contributed by atoms with Crippen LogP contribution in [0, 0.1) is 0 Å². The van der Waals surface area contributed by atoms with Gasteiger partial charge in [0.05, 0.1) is 6.04 Å². The van der Waals surface area contributed by atoms with Crippen LogP contribution >= 0.6 is 23.2 Å². The maximum Gasteiger partial charge on any atom is 0.251 e. The molecule has 2 fully saturated rings. The van der Waals surface area contributed by atoms with E-state index in [-0.39, 0.29) is 23.9 Å². The van der Waals surface area contributed by atoms with Crippen LogP contribution in [0.3, 0.4) is 0 Å². The molecular weight excluding hydrogens is 507 g/mol. The Labute approximate surface area is 227 Å². The van der Waals surface area contributed by atoms with Gasteiger partial charge in [-0.25, -0.2) is 0 Å². The lowest BCUT2D eigenvalue weighted by Crippen LogP contribution is -2.53. The third-order valence-electron chi connectivity index (χ3n) is 7.25. The van der Waals surface area contributed by atoms with Gasteiger partial charge in [-0.2, -0.15) is 0 Å². The summed E-state index contributed by atoms with van der Waals surface area (Å²) in [5.74, 6) is -0.0315. The Bertz CT molecular complexity index is 1260. The smallest absolute Gasteiger partial charge is 0.251 e. The summed E-state index contributed by atoms with van der Waals surface area (Å²) in [6.07, 6.45) is 3.06. The summed E-state index contributed by atoms with van der Waals surface area (Å²) in [4.78, 5) is 30.8. The first kappa shape index (κ1) is 26.0. The molecule has 0 spiro atoms. The second-order valence-electron chi connectivity index (χ2n) is 10.0. The summed E-state index contributed by atoms with van der Waals surface area (Å²) >= 11 is 12.4. The number of hydrogen-bond donors (Lipinski definition) is 2. The SMILES string of the molecule is O=C(NC[C@@H]1CCN(Cc2cc(Cl)cc(Cl)c2)C(=O)[C@H](CN2CCCC2)N1)c1ccc2ccccc2c1. The van der Waals surface area contributed by atoms with Crippen molar-refractivity contribution in [3.8, 4) is 0 Å².